The van der Waals surface area contributed by atoms with Crippen LogP contribution in [0.15, 0.2) is 0 Å². The van der Waals surface area contributed by atoms with Gasteiger partial charge in [0.05, 0.1) is 0 Å². The van der Waals surface area contributed by atoms with E-state index in [1.165, 1.54) is 0 Å². The molecule has 1 atom stereocenters. The van der Waals surface area contributed by atoms with Crippen LogP contribution in [-0.4, -0.2) is 23.3 Å². The molecule has 2 nitrogen and oxygen atoms in total. The monoisotopic (exact) mass is 190 g/mol. The Bertz CT molecular complexity index is 72.2. The van der Waals surface area contributed by atoms with Gasteiger partial charge < -0.3 is 9.84 Å². The van der Waals surface area contributed by atoms with E-state index in [-0.39, 0.29) is 0 Å². The molecule has 0 spiro atoms. The number of ether oxygens (including phenoxy) is 1. The standard InChI is InChI=1S/C3H5BrF2O2/c1-8-2(7)3(4,5)6/h2,7H,1H3. The van der Waals surface area contributed by atoms with Gasteiger partial charge in [0.25, 0.3) is 0 Å². The third-order valence-corrected chi connectivity index (χ3v) is 0.895. The van der Waals surface area contributed by atoms with Crippen LogP contribution < -0.4 is 0 Å². The average Bonchev–Trinajstić information content (AvgIpc) is 1.62. The van der Waals surface area contributed by atoms with Gasteiger partial charge in [-0.25, -0.2) is 0 Å². The van der Waals surface area contributed by atoms with Crippen molar-refractivity contribution in [3.05, 3.63) is 0 Å². The molecule has 0 aliphatic heterocycles. The molecule has 5 heteroatoms. The van der Waals surface area contributed by atoms with Gasteiger partial charge in [-0.3, -0.25) is 0 Å². The molecule has 0 bridgehead atoms. The zero-order valence-corrected chi connectivity index (χ0v) is 5.65. The van der Waals surface area contributed by atoms with Crippen molar-refractivity contribution in [1.82, 2.24) is 0 Å². The highest BCUT2D eigenvalue weighted by Crippen LogP contribution is 2.25. The van der Waals surface area contributed by atoms with Crippen molar-refractivity contribution < 1.29 is 18.6 Å². The molecule has 1 N–H and O–H groups in total. The minimum atomic E-state index is -3.35. The number of aliphatic hydroxyl groups excluding tert-OH is 1. The summed E-state index contributed by atoms with van der Waals surface area (Å²) in [4.78, 5) is -3.35. The SMILES string of the molecule is COC(O)C(F)(F)Br. The third kappa shape index (κ3) is 2.54. The fourth-order valence-corrected chi connectivity index (χ4v) is 0.321. The van der Waals surface area contributed by atoms with Gasteiger partial charge in [0.15, 0.2) is 0 Å². The summed E-state index contributed by atoms with van der Waals surface area (Å²) in [7, 11) is 0.986. The molecule has 0 aromatic rings. The van der Waals surface area contributed by atoms with Gasteiger partial charge in [-0.1, -0.05) is 0 Å². The molecular formula is C3H5BrF2O2. The first kappa shape index (κ1) is 8.26. The molecule has 0 aromatic heterocycles. The third-order valence-electron chi connectivity index (χ3n) is 0.503. The van der Waals surface area contributed by atoms with E-state index in [0.717, 1.165) is 7.11 Å². The molecule has 0 saturated heterocycles. The molecule has 0 aromatic carbocycles. The Kier molecular flexibility index (Phi) is 2.79. The van der Waals surface area contributed by atoms with E-state index in [2.05, 4.69) is 4.74 Å². The Morgan fingerprint density at radius 1 is 1.75 bits per heavy atom. The Hall–Kier alpha value is 0.260. The molecule has 0 fully saturated rings. The van der Waals surface area contributed by atoms with Gasteiger partial charge in [0.2, 0.25) is 6.29 Å². The van der Waals surface area contributed by atoms with E-state index < -0.39 is 11.1 Å². The number of aliphatic hydroxyl groups is 1. The number of rotatable bonds is 2. The van der Waals surface area contributed by atoms with Gasteiger partial charge >= 0.3 is 4.83 Å². The maximum absolute atomic E-state index is 11.7. The maximum atomic E-state index is 11.7. The van der Waals surface area contributed by atoms with E-state index in [1.54, 1.807) is 0 Å². The first-order valence-corrected chi connectivity index (χ1v) is 2.55. The van der Waals surface area contributed by atoms with Crippen molar-refractivity contribution in [3.63, 3.8) is 0 Å². The summed E-state index contributed by atoms with van der Waals surface area (Å²) in [6.07, 6.45) is -2.07. The zero-order chi connectivity index (χ0) is 6.78. The summed E-state index contributed by atoms with van der Waals surface area (Å²) in [5.74, 6) is 0. The predicted molar refractivity (Wildman–Crippen MR) is 26.9 cm³/mol. The predicted octanol–water partition coefficient (Wildman–Crippen LogP) is 0.939. The number of hydrogen-bond donors (Lipinski definition) is 1. The van der Waals surface area contributed by atoms with Gasteiger partial charge in [-0.2, -0.15) is 8.78 Å². The topological polar surface area (TPSA) is 29.5 Å². The largest absolute Gasteiger partial charge is 0.363 e. The highest BCUT2D eigenvalue weighted by molar-refractivity contribution is 9.10. The lowest BCUT2D eigenvalue weighted by Crippen LogP contribution is -2.28. The van der Waals surface area contributed by atoms with E-state index >= 15 is 0 Å². The molecule has 1 unspecified atom stereocenters. The maximum Gasteiger partial charge on any atom is 0.350 e. The van der Waals surface area contributed by atoms with E-state index in [0.29, 0.717) is 0 Å². The lowest BCUT2D eigenvalue weighted by atomic mass is 10.7. The normalized spacial score (nSPS) is 16.1. The number of hydrogen-bond acceptors (Lipinski definition) is 2. The summed E-state index contributed by atoms with van der Waals surface area (Å²) < 4.78 is 27.2. The second-order valence-corrected chi connectivity index (χ2v) is 2.19. The molecule has 0 heterocycles. The first-order chi connectivity index (χ1) is 3.48. The fraction of sp³-hybridized carbons (Fsp3) is 1.00. The van der Waals surface area contributed by atoms with Crippen LogP contribution in [0.2, 0.25) is 0 Å². The molecule has 8 heavy (non-hydrogen) atoms. The Morgan fingerprint density at radius 3 is 2.12 bits per heavy atom. The lowest BCUT2D eigenvalue weighted by Gasteiger charge is -2.12. The molecular weight excluding hydrogens is 186 g/mol. The summed E-state index contributed by atoms with van der Waals surface area (Å²) >= 11 is 1.90. The molecule has 0 rings (SSSR count). The Labute approximate surface area is 53.6 Å². The van der Waals surface area contributed by atoms with E-state index in [4.69, 9.17) is 5.11 Å². The first-order valence-electron chi connectivity index (χ1n) is 1.76. The van der Waals surface area contributed by atoms with Crippen molar-refractivity contribution in [2.75, 3.05) is 7.11 Å². The number of halogens is 3. The van der Waals surface area contributed by atoms with Crippen molar-refractivity contribution in [2.45, 2.75) is 11.1 Å². The summed E-state index contributed by atoms with van der Waals surface area (Å²) in [5.41, 5.74) is 0. The summed E-state index contributed by atoms with van der Waals surface area (Å²) in [6.45, 7) is 0. The minimum Gasteiger partial charge on any atom is -0.363 e. The van der Waals surface area contributed by atoms with Crippen LogP contribution in [0.4, 0.5) is 8.78 Å². The minimum absolute atomic E-state index is 0.986. The molecule has 0 saturated carbocycles. The van der Waals surface area contributed by atoms with Gasteiger partial charge in [-0.05, 0) is 15.9 Å². The van der Waals surface area contributed by atoms with Crippen LogP contribution in [-0.2, 0) is 4.74 Å². The van der Waals surface area contributed by atoms with Crippen molar-refractivity contribution >= 4 is 15.9 Å². The van der Waals surface area contributed by atoms with Crippen LogP contribution in [0.5, 0.6) is 0 Å². The molecule has 50 valence electrons. The van der Waals surface area contributed by atoms with Gasteiger partial charge in [0, 0.05) is 7.11 Å². The van der Waals surface area contributed by atoms with Crippen LogP contribution >= 0.6 is 15.9 Å². The van der Waals surface area contributed by atoms with Crippen LogP contribution in [0.3, 0.4) is 0 Å². The summed E-state index contributed by atoms with van der Waals surface area (Å²) in [5, 5.41) is 8.18. The zero-order valence-electron chi connectivity index (χ0n) is 4.07. The van der Waals surface area contributed by atoms with Gasteiger partial charge in [0.1, 0.15) is 0 Å². The molecule has 0 radical (unpaired) electrons. The van der Waals surface area contributed by atoms with Crippen molar-refractivity contribution in [2.24, 2.45) is 0 Å². The van der Waals surface area contributed by atoms with Crippen molar-refractivity contribution in [1.29, 1.82) is 0 Å². The van der Waals surface area contributed by atoms with E-state index in [9.17, 15) is 8.78 Å². The smallest absolute Gasteiger partial charge is 0.350 e. The number of alkyl halides is 3. The summed E-state index contributed by atoms with van der Waals surface area (Å²) in [6, 6.07) is 0. The second-order valence-electron chi connectivity index (χ2n) is 1.13. The quantitative estimate of drug-likeness (QED) is 0.519. The number of methoxy groups -OCH3 is 1. The van der Waals surface area contributed by atoms with E-state index in [1.807, 2.05) is 15.9 Å². The lowest BCUT2D eigenvalue weighted by molar-refractivity contribution is -0.173. The highest BCUT2D eigenvalue weighted by atomic mass is 79.9. The molecule has 0 aliphatic rings. The molecule has 0 aliphatic carbocycles. The average molecular weight is 191 g/mol. The van der Waals surface area contributed by atoms with Gasteiger partial charge in [-0.15, -0.1) is 0 Å². The fourth-order valence-electron chi connectivity index (χ4n) is 0.134. The highest BCUT2D eigenvalue weighted by Gasteiger charge is 2.34. The second kappa shape index (κ2) is 2.70. The molecule has 0 amide bonds. The van der Waals surface area contributed by atoms with Crippen LogP contribution in [0.25, 0.3) is 0 Å². The Morgan fingerprint density at radius 2 is 2.12 bits per heavy atom. The van der Waals surface area contributed by atoms with Crippen molar-refractivity contribution in [3.8, 4) is 0 Å². The van der Waals surface area contributed by atoms with Crippen LogP contribution in [0, 0.1) is 0 Å². The Balaban J connectivity index is 3.62. The van der Waals surface area contributed by atoms with Crippen LogP contribution in [0.1, 0.15) is 0 Å².